The molecule has 1 atom stereocenters. The Labute approximate surface area is 169 Å². The highest BCUT2D eigenvalue weighted by atomic mass is 35.5. The van der Waals surface area contributed by atoms with E-state index in [0.717, 1.165) is 11.3 Å². The number of nitrogens with zero attached hydrogens (tertiary/aromatic N) is 2. The van der Waals surface area contributed by atoms with E-state index >= 15 is 0 Å². The molecule has 0 aliphatic heterocycles. The zero-order valence-corrected chi connectivity index (χ0v) is 16.9. The molecule has 0 spiro atoms. The van der Waals surface area contributed by atoms with Crippen molar-refractivity contribution in [1.29, 1.82) is 0 Å². The Morgan fingerprint density at radius 2 is 2.15 bits per heavy atom. The predicted octanol–water partition coefficient (Wildman–Crippen LogP) is 4.24. The summed E-state index contributed by atoms with van der Waals surface area (Å²) in [5.41, 5.74) is 7.09. The van der Waals surface area contributed by atoms with Crippen molar-refractivity contribution in [2.75, 3.05) is 0 Å². The first-order chi connectivity index (χ1) is 12.7. The largest absolute Gasteiger partial charge is 0.333 e. The molecule has 2 heterocycles. The van der Waals surface area contributed by atoms with Gasteiger partial charge in [0, 0.05) is 19.0 Å². The van der Waals surface area contributed by atoms with Crippen LogP contribution in [-0.4, -0.2) is 21.4 Å². The van der Waals surface area contributed by atoms with Gasteiger partial charge < -0.3 is 11.1 Å². The van der Waals surface area contributed by atoms with Crippen LogP contribution in [0.15, 0.2) is 36.5 Å². The first-order valence-electron chi connectivity index (χ1n) is 7.99. The van der Waals surface area contributed by atoms with Gasteiger partial charge in [-0.2, -0.15) is 5.10 Å². The lowest BCUT2D eigenvalue weighted by Gasteiger charge is -2.26. The van der Waals surface area contributed by atoms with Crippen LogP contribution in [0.1, 0.15) is 22.2 Å². The lowest BCUT2D eigenvalue weighted by molar-refractivity contribution is 0.0912. The Balaban J connectivity index is 1.79. The second kappa shape index (κ2) is 7.59. The van der Waals surface area contributed by atoms with Crippen LogP contribution in [0.5, 0.6) is 0 Å². The molecule has 1 aromatic carbocycles. The number of amides is 1. The van der Waals surface area contributed by atoms with E-state index in [-0.39, 0.29) is 18.1 Å². The van der Waals surface area contributed by atoms with E-state index in [1.165, 1.54) is 18.3 Å². The topological polar surface area (TPSA) is 72.9 Å². The van der Waals surface area contributed by atoms with Crippen molar-refractivity contribution in [3.05, 3.63) is 62.1 Å². The smallest absolute Gasteiger partial charge is 0.262 e. The highest BCUT2D eigenvalue weighted by molar-refractivity contribution is 7.18. The summed E-state index contributed by atoms with van der Waals surface area (Å²) in [5.74, 6) is -0.717. The normalized spacial score (nSPS) is 13.4. The molecule has 2 aromatic heterocycles. The van der Waals surface area contributed by atoms with Gasteiger partial charge in [0.15, 0.2) is 0 Å². The number of thiophene rings is 1. The maximum absolute atomic E-state index is 13.4. The SMILES string of the molecule is Cn1ncc(Cl)c1-c1cc(C(=O)N[C@](C)(N)Cc2cccc(F)c2)sc1Cl. The minimum atomic E-state index is -1.06. The monoisotopic (exact) mass is 426 g/mol. The minimum absolute atomic E-state index is 0.274. The number of nitrogens with two attached hydrogens (primary N) is 1. The molecule has 1 amide bonds. The van der Waals surface area contributed by atoms with Gasteiger partial charge >= 0.3 is 0 Å². The van der Waals surface area contributed by atoms with Crippen LogP contribution >= 0.6 is 34.5 Å². The Kier molecular flexibility index (Phi) is 5.58. The van der Waals surface area contributed by atoms with Crippen LogP contribution in [0.3, 0.4) is 0 Å². The number of carbonyl (C=O) groups is 1. The van der Waals surface area contributed by atoms with Crippen molar-refractivity contribution in [2.45, 2.75) is 19.0 Å². The second-order valence-corrected chi connectivity index (χ2v) is 8.50. The second-order valence-electron chi connectivity index (χ2n) is 6.44. The van der Waals surface area contributed by atoms with Crippen LogP contribution < -0.4 is 11.1 Å². The molecule has 27 heavy (non-hydrogen) atoms. The molecule has 0 unspecified atom stereocenters. The van der Waals surface area contributed by atoms with Crippen molar-refractivity contribution >= 4 is 40.4 Å². The maximum Gasteiger partial charge on any atom is 0.262 e. The van der Waals surface area contributed by atoms with Crippen LogP contribution in [0, 0.1) is 5.82 Å². The quantitative estimate of drug-likeness (QED) is 0.599. The summed E-state index contributed by atoms with van der Waals surface area (Å²) >= 11 is 13.6. The highest BCUT2D eigenvalue weighted by Crippen LogP contribution is 2.38. The molecular weight excluding hydrogens is 410 g/mol. The molecule has 142 valence electrons. The van der Waals surface area contributed by atoms with Gasteiger partial charge in [-0.15, -0.1) is 11.3 Å². The van der Waals surface area contributed by atoms with Gasteiger partial charge in [-0.3, -0.25) is 9.48 Å². The molecule has 0 bridgehead atoms. The number of aromatic nitrogens is 2. The molecule has 0 fully saturated rings. The number of hydrogen-bond acceptors (Lipinski definition) is 4. The first kappa shape index (κ1) is 19.8. The summed E-state index contributed by atoms with van der Waals surface area (Å²) in [4.78, 5) is 13.0. The highest BCUT2D eigenvalue weighted by Gasteiger charge is 2.25. The standard InChI is InChI=1S/C18H17Cl2FN4OS/c1-18(22,8-10-4-3-5-11(21)6-10)24-17(26)14-7-12(16(20)27-14)15-13(19)9-23-25(15)2/h3-7,9H,8,22H2,1-2H3,(H,24,26)/t18-/m0/s1. The van der Waals surface area contributed by atoms with Gasteiger partial charge in [0.05, 0.1) is 27.5 Å². The fourth-order valence-electron chi connectivity index (χ4n) is 2.79. The van der Waals surface area contributed by atoms with Crippen molar-refractivity contribution in [2.24, 2.45) is 12.8 Å². The Bertz CT molecular complexity index is 980. The van der Waals surface area contributed by atoms with E-state index < -0.39 is 5.66 Å². The van der Waals surface area contributed by atoms with Gasteiger partial charge in [0.2, 0.25) is 0 Å². The third kappa shape index (κ3) is 4.50. The van der Waals surface area contributed by atoms with Crippen molar-refractivity contribution in [3.63, 3.8) is 0 Å². The maximum atomic E-state index is 13.4. The van der Waals surface area contributed by atoms with E-state index in [2.05, 4.69) is 10.4 Å². The summed E-state index contributed by atoms with van der Waals surface area (Å²) in [6.45, 7) is 1.67. The van der Waals surface area contributed by atoms with Crippen LogP contribution in [0.2, 0.25) is 9.36 Å². The molecule has 3 N–H and O–H groups in total. The fourth-order valence-corrected chi connectivity index (χ4v) is 4.23. The van der Waals surface area contributed by atoms with E-state index in [0.29, 0.717) is 31.1 Å². The summed E-state index contributed by atoms with van der Waals surface area (Å²) in [6.07, 6.45) is 1.79. The summed E-state index contributed by atoms with van der Waals surface area (Å²) in [7, 11) is 1.74. The van der Waals surface area contributed by atoms with Gasteiger partial charge in [-0.25, -0.2) is 4.39 Å². The Morgan fingerprint density at radius 3 is 2.78 bits per heavy atom. The van der Waals surface area contributed by atoms with Gasteiger partial charge in [-0.05, 0) is 30.7 Å². The van der Waals surface area contributed by atoms with E-state index in [4.69, 9.17) is 28.9 Å². The predicted molar refractivity (Wildman–Crippen MR) is 107 cm³/mol. The molecule has 0 radical (unpaired) electrons. The molecule has 3 aromatic rings. The number of nitrogens with one attached hydrogen (secondary N) is 1. The molecular formula is C18H17Cl2FN4OS. The molecule has 0 aliphatic rings. The zero-order valence-electron chi connectivity index (χ0n) is 14.6. The molecule has 5 nitrogen and oxygen atoms in total. The number of rotatable bonds is 5. The Morgan fingerprint density at radius 1 is 1.41 bits per heavy atom. The lowest BCUT2D eigenvalue weighted by Crippen LogP contribution is -2.54. The van der Waals surface area contributed by atoms with E-state index in [1.807, 2.05) is 0 Å². The van der Waals surface area contributed by atoms with E-state index in [1.54, 1.807) is 36.9 Å². The summed E-state index contributed by atoms with van der Waals surface area (Å²) in [6, 6.07) is 7.76. The van der Waals surface area contributed by atoms with Crippen molar-refractivity contribution in [1.82, 2.24) is 15.1 Å². The number of benzene rings is 1. The number of halogens is 3. The van der Waals surface area contributed by atoms with Crippen molar-refractivity contribution < 1.29 is 9.18 Å². The molecule has 9 heteroatoms. The number of hydrogen-bond donors (Lipinski definition) is 2. The van der Waals surface area contributed by atoms with Crippen LogP contribution in [-0.2, 0) is 13.5 Å². The molecule has 3 rings (SSSR count). The van der Waals surface area contributed by atoms with Gasteiger partial charge in [0.25, 0.3) is 5.91 Å². The first-order valence-corrected chi connectivity index (χ1v) is 9.56. The third-order valence-electron chi connectivity index (χ3n) is 3.92. The summed E-state index contributed by atoms with van der Waals surface area (Å²) in [5, 5.41) is 7.29. The molecule has 0 aliphatic carbocycles. The van der Waals surface area contributed by atoms with Gasteiger partial charge in [-0.1, -0.05) is 35.3 Å². The number of aryl methyl sites for hydroxylation is 1. The molecule has 0 saturated carbocycles. The minimum Gasteiger partial charge on any atom is -0.333 e. The molecule has 0 saturated heterocycles. The average Bonchev–Trinajstić information content (AvgIpc) is 3.09. The van der Waals surface area contributed by atoms with Crippen LogP contribution in [0.25, 0.3) is 11.3 Å². The zero-order chi connectivity index (χ0) is 19.8. The Hall–Kier alpha value is -1.93. The van der Waals surface area contributed by atoms with Crippen molar-refractivity contribution in [3.8, 4) is 11.3 Å². The third-order valence-corrected chi connectivity index (χ3v) is 5.55. The summed E-state index contributed by atoms with van der Waals surface area (Å²) < 4.78 is 15.4. The van der Waals surface area contributed by atoms with E-state index in [9.17, 15) is 9.18 Å². The van der Waals surface area contributed by atoms with Crippen LogP contribution in [0.4, 0.5) is 4.39 Å². The average molecular weight is 427 g/mol. The van der Waals surface area contributed by atoms with Gasteiger partial charge in [0.1, 0.15) is 10.2 Å². The number of carbonyl (C=O) groups excluding carboxylic acids is 1. The lowest BCUT2D eigenvalue weighted by atomic mass is 10.0. The fraction of sp³-hybridized carbons (Fsp3) is 0.222.